The second-order valence-electron chi connectivity index (χ2n) is 3.17. The lowest BCUT2D eigenvalue weighted by Crippen LogP contribution is -2.46. The standard InChI is InChI=1S/C8H19NO/c1-5-7(10-6-2)8(3,4)9/h7H,5-6,9H2,1-4H3. The second-order valence-corrected chi connectivity index (χ2v) is 3.17. The second kappa shape index (κ2) is 3.94. The predicted octanol–water partition coefficient (Wildman–Crippen LogP) is 1.54. The Morgan fingerprint density at radius 1 is 1.40 bits per heavy atom. The van der Waals surface area contributed by atoms with Gasteiger partial charge < -0.3 is 10.5 Å². The molecule has 0 spiro atoms. The summed E-state index contributed by atoms with van der Waals surface area (Å²) in [4.78, 5) is 0. The van der Waals surface area contributed by atoms with Crippen molar-refractivity contribution in [2.24, 2.45) is 5.73 Å². The van der Waals surface area contributed by atoms with Gasteiger partial charge in [0.05, 0.1) is 6.10 Å². The molecule has 2 heteroatoms. The van der Waals surface area contributed by atoms with E-state index in [1.807, 2.05) is 20.8 Å². The van der Waals surface area contributed by atoms with E-state index in [9.17, 15) is 0 Å². The highest BCUT2D eigenvalue weighted by atomic mass is 16.5. The Hall–Kier alpha value is -0.0800. The van der Waals surface area contributed by atoms with E-state index in [0.717, 1.165) is 13.0 Å². The van der Waals surface area contributed by atoms with Crippen molar-refractivity contribution in [2.45, 2.75) is 45.8 Å². The van der Waals surface area contributed by atoms with Crippen molar-refractivity contribution >= 4 is 0 Å². The van der Waals surface area contributed by atoms with Crippen LogP contribution in [0, 0.1) is 0 Å². The minimum absolute atomic E-state index is 0.192. The highest BCUT2D eigenvalue weighted by Crippen LogP contribution is 2.12. The molecule has 0 saturated heterocycles. The van der Waals surface area contributed by atoms with Gasteiger partial charge in [-0.25, -0.2) is 0 Å². The lowest BCUT2D eigenvalue weighted by Gasteiger charge is -2.29. The maximum absolute atomic E-state index is 5.85. The van der Waals surface area contributed by atoms with E-state index in [1.165, 1.54) is 0 Å². The Balaban J connectivity index is 3.81. The summed E-state index contributed by atoms with van der Waals surface area (Å²) in [7, 11) is 0. The molecule has 0 heterocycles. The molecule has 0 radical (unpaired) electrons. The summed E-state index contributed by atoms with van der Waals surface area (Å²) in [6.45, 7) is 8.83. The third-order valence-electron chi connectivity index (χ3n) is 1.57. The largest absolute Gasteiger partial charge is 0.377 e. The highest BCUT2D eigenvalue weighted by Gasteiger charge is 2.23. The van der Waals surface area contributed by atoms with E-state index in [1.54, 1.807) is 0 Å². The fourth-order valence-electron chi connectivity index (χ4n) is 1.06. The molecule has 1 atom stereocenters. The average molecular weight is 145 g/mol. The summed E-state index contributed by atoms with van der Waals surface area (Å²) < 4.78 is 5.43. The van der Waals surface area contributed by atoms with Crippen molar-refractivity contribution < 1.29 is 4.74 Å². The molecule has 0 aliphatic rings. The fourth-order valence-corrected chi connectivity index (χ4v) is 1.06. The quantitative estimate of drug-likeness (QED) is 0.651. The third kappa shape index (κ3) is 3.18. The van der Waals surface area contributed by atoms with Gasteiger partial charge in [-0.15, -0.1) is 0 Å². The van der Waals surface area contributed by atoms with Crippen LogP contribution in [0.4, 0.5) is 0 Å². The van der Waals surface area contributed by atoms with E-state index >= 15 is 0 Å². The molecule has 0 aliphatic heterocycles. The molecule has 0 amide bonds. The molecule has 0 aromatic rings. The van der Waals surface area contributed by atoms with Gasteiger partial charge in [0.25, 0.3) is 0 Å². The van der Waals surface area contributed by atoms with Crippen LogP contribution in [0.5, 0.6) is 0 Å². The van der Waals surface area contributed by atoms with E-state index in [4.69, 9.17) is 10.5 Å². The average Bonchev–Trinajstić information content (AvgIpc) is 1.80. The van der Waals surface area contributed by atoms with Crippen LogP contribution in [-0.4, -0.2) is 18.2 Å². The van der Waals surface area contributed by atoms with Crippen molar-refractivity contribution in [3.05, 3.63) is 0 Å². The summed E-state index contributed by atoms with van der Waals surface area (Å²) in [5.74, 6) is 0. The van der Waals surface area contributed by atoms with Crippen molar-refractivity contribution in [3.63, 3.8) is 0 Å². The monoisotopic (exact) mass is 145 g/mol. The minimum atomic E-state index is -0.204. The van der Waals surface area contributed by atoms with E-state index in [2.05, 4.69) is 6.92 Å². The Kier molecular flexibility index (Phi) is 3.91. The van der Waals surface area contributed by atoms with Gasteiger partial charge >= 0.3 is 0 Å². The smallest absolute Gasteiger partial charge is 0.0746 e. The van der Waals surface area contributed by atoms with Crippen LogP contribution in [0.2, 0.25) is 0 Å². The maximum Gasteiger partial charge on any atom is 0.0746 e. The zero-order valence-electron chi connectivity index (χ0n) is 7.48. The molecule has 1 unspecified atom stereocenters. The van der Waals surface area contributed by atoms with Crippen LogP contribution in [0.25, 0.3) is 0 Å². The molecule has 0 saturated carbocycles. The van der Waals surface area contributed by atoms with E-state index < -0.39 is 0 Å². The number of nitrogens with two attached hydrogens (primary N) is 1. The van der Waals surface area contributed by atoms with Crippen molar-refractivity contribution in [2.75, 3.05) is 6.61 Å². The van der Waals surface area contributed by atoms with Crippen LogP contribution in [0.15, 0.2) is 0 Å². The molecular formula is C8H19NO. The first kappa shape index (κ1) is 9.92. The highest BCUT2D eigenvalue weighted by molar-refractivity contribution is 4.81. The van der Waals surface area contributed by atoms with Crippen LogP contribution < -0.4 is 5.73 Å². The molecule has 2 nitrogen and oxygen atoms in total. The lowest BCUT2D eigenvalue weighted by molar-refractivity contribution is 0.0153. The third-order valence-corrected chi connectivity index (χ3v) is 1.57. The van der Waals surface area contributed by atoms with Crippen LogP contribution >= 0.6 is 0 Å². The summed E-state index contributed by atoms with van der Waals surface area (Å²) >= 11 is 0. The molecule has 0 rings (SSSR count). The van der Waals surface area contributed by atoms with Crippen LogP contribution in [0.1, 0.15) is 34.1 Å². The van der Waals surface area contributed by atoms with Gasteiger partial charge in [-0.1, -0.05) is 6.92 Å². The first-order chi connectivity index (χ1) is 4.52. The van der Waals surface area contributed by atoms with Gasteiger partial charge in [0.1, 0.15) is 0 Å². The molecular weight excluding hydrogens is 126 g/mol. The summed E-state index contributed by atoms with van der Waals surface area (Å²) in [6, 6.07) is 0. The first-order valence-corrected chi connectivity index (χ1v) is 3.92. The molecule has 0 fully saturated rings. The van der Waals surface area contributed by atoms with Gasteiger partial charge in [0, 0.05) is 12.1 Å². The van der Waals surface area contributed by atoms with E-state index in [-0.39, 0.29) is 11.6 Å². The maximum atomic E-state index is 5.85. The van der Waals surface area contributed by atoms with E-state index in [0.29, 0.717) is 0 Å². The molecule has 0 aromatic carbocycles. The van der Waals surface area contributed by atoms with Gasteiger partial charge in [-0.05, 0) is 27.2 Å². The molecule has 0 aromatic heterocycles. The SMILES string of the molecule is CCOC(CC)C(C)(C)N. The molecule has 2 N–H and O–H groups in total. The summed E-state index contributed by atoms with van der Waals surface area (Å²) in [5.41, 5.74) is 5.65. The molecule has 10 heavy (non-hydrogen) atoms. The molecule has 62 valence electrons. The Labute approximate surface area is 63.7 Å². The first-order valence-electron chi connectivity index (χ1n) is 3.92. The number of hydrogen-bond acceptors (Lipinski definition) is 2. The predicted molar refractivity (Wildman–Crippen MR) is 44.0 cm³/mol. The van der Waals surface area contributed by atoms with Crippen LogP contribution in [-0.2, 0) is 4.74 Å². The zero-order chi connectivity index (χ0) is 8.20. The number of rotatable bonds is 4. The van der Waals surface area contributed by atoms with Crippen LogP contribution in [0.3, 0.4) is 0 Å². The minimum Gasteiger partial charge on any atom is -0.377 e. The Bertz CT molecular complexity index is 85.7. The molecule has 0 bridgehead atoms. The fraction of sp³-hybridized carbons (Fsp3) is 1.00. The van der Waals surface area contributed by atoms with Gasteiger partial charge in [0.2, 0.25) is 0 Å². The number of hydrogen-bond donors (Lipinski definition) is 1. The Morgan fingerprint density at radius 3 is 2.00 bits per heavy atom. The van der Waals surface area contributed by atoms with Gasteiger partial charge in [-0.3, -0.25) is 0 Å². The zero-order valence-corrected chi connectivity index (χ0v) is 7.48. The summed E-state index contributed by atoms with van der Waals surface area (Å²) in [5, 5.41) is 0. The topological polar surface area (TPSA) is 35.2 Å². The van der Waals surface area contributed by atoms with Crippen molar-refractivity contribution in [1.82, 2.24) is 0 Å². The summed E-state index contributed by atoms with van der Waals surface area (Å²) in [6.07, 6.45) is 1.18. The van der Waals surface area contributed by atoms with Crippen molar-refractivity contribution in [1.29, 1.82) is 0 Å². The Morgan fingerprint density at radius 2 is 1.90 bits per heavy atom. The van der Waals surface area contributed by atoms with Gasteiger partial charge in [-0.2, -0.15) is 0 Å². The lowest BCUT2D eigenvalue weighted by atomic mass is 9.97. The van der Waals surface area contributed by atoms with Crippen molar-refractivity contribution in [3.8, 4) is 0 Å². The normalized spacial score (nSPS) is 15.3. The van der Waals surface area contributed by atoms with Gasteiger partial charge in [0.15, 0.2) is 0 Å². The number of ether oxygens (including phenoxy) is 1. The molecule has 0 aliphatic carbocycles.